The normalized spacial score (nSPS) is 18.1. The molecule has 4 nitrogen and oxygen atoms in total. The van der Waals surface area contributed by atoms with Gasteiger partial charge in [-0.15, -0.1) is 0 Å². The Morgan fingerprint density at radius 2 is 2.14 bits per heavy atom. The summed E-state index contributed by atoms with van der Waals surface area (Å²) >= 11 is 0. The molecule has 0 amide bonds. The molecule has 0 saturated heterocycles. The van der Waals surface area contributed by atoms with E-state index in [1.165, 1.54) is 6.08 Å². The van der Waals surface area contributed by atoms with Crippen LogP contribution in [-0.2, 0) is 9.53 Å². The third-order valence-corrected chi connectivity index (χ3v) is 2.90. The summed E-state index contributed by atoms with van der Waals surface area (Å²) in [7, 11) is 0. The predicted molar refractivity (Wildman–Crippen MR) is 70.8 cm³/mol. The summed E-state index contributed by atoms with van der Waals surface area (Å²) in [6, 6.07) is 0. The molecule has 2 rings (SSSR count). The second kappa shape index (κ2) is 6.51. The highest BCUT2D eigenvalue weighted by Gasteiger charge is 2.33. The van der Waals surface area contributed by atoms with Gasteiger partial charge in [0.05, 0.1) is 11.4 Å². The van der Waals surface area contributed by atoms with E-state index in [9.17, 15) is 18.0 Å². The fourth-order valence-electron chi connectivity index (χ4n) is 1.81. The number of esters is 1. The molecule has 0 unspecified atom stereocenters. The molecule has 114 valence electrons. The smallest absolute Gasteiger partial charge is 0.414 e. The summed E-state index contributed by atoms with van der Waals surface area (Å²) in [5.74, 6) is 0.354. The van der Waals surface area contributed by atoms with E-state index >= 15 is 0 Å². The van der Waals surface area contributed by atoms with Crippen molar-refractivity contribution in [3.63, 3.8) is 0 Å². The first-order chi connectivity index (χ1) is 9.95. The van der Waals surface area contributed by atoms with Crippen LogP contribution in [0.4, 0.5) is 13.2 Å². The molecule has 7 heteroatoms. The number of hydrogen-bond acceptors (Lipinski definition) is 4. The van der Waals surface area contributed by atoms with Gasteiger partial charge in [0, 0.05) is 6.54 Å². The van der Waals surface area contributed by atoms with Crippen LogP contribution in [0.5, 0.6) is 0 Å². The number of halogens is 3. The molecule has 1 aliphatic heterocycles. The number of rotatable bonds is 4. The lowest BCUT2D eigenvalue weighted by atomic mass is 10.2. The zero-order chi connectivity index (χ0) is 15.3. The highest BCUT2D eigenvalue weighted by atomic mass is 19.4. The minimum Gasteiger partial charge on any atom is -0.426 e. The lowest BCUT2D eigenvalue weighted by Gasteiger charge is -2.19. The van der Waals surface area contributed by atoms with Crippen LogP contribution in [0.1, 0.15) is 12.8 Å². The van der Waals surface area contributed by atoms with Gasteiger partial charge < -0.3 is 15.4 Å². The number of alkyl halides is 3. The lowest BCUT2D eigenvalue weighted by molar-refractivity contribution is -0.137. The van der Waals surface area contributed by atoms with Crippen LogP contribution >= 0.6 is 0 Å². The number of carbonyl (C=O) groups excluding carboxylic acids is 1. The molecule has 0 bridgehead atoms. The fraction of sp³-hybridized carbons (Fsp3) is 0.357. The first-order valence-electron chi connectivity index (χ1n) is 6.48. The molecular formula is C14H15F3N2O2. The summed E-state index contributed by atoms with van der Waals surface area (Å²) in [4.78, 5) is 11.6. The van der Waals surface area contributed by atoms with Crippen LogP contribution in [0.2, 0.25) is 0 Å². The second-order valence-electron chi connectivity index (χ2n) is 4.54. The minimum atomic E-state index is -4.34. The number of nitrogens with one attached hydrogen (secondary N) is 2. The number of allylic oxidation sites excluding steroid dienone is 5. The van der Waals surface area contributed by atoms with Gasteiger partial charge in [0.15, 0.2) is 0 Å². The van der Waals surface area contributed by atoms with Crippen molar-refractivity contribution >= 4 is 5.97 Å². The van der Waals surface area contributed by atoms with Gasteiger partial charge in [-0.05, 0) is 37.1 Å². The van der Waals surface area contributed by atoms with Crippen LogP contribution in [-0.4, -0.2) is 25.2 Å². The molecule has 0 spiro atoms. The topological polar surface area (TPSA) is 50.4 Å². The number of dihydropyridines is 1. The molecule has 0 radical (unpaired) electrons. The van der Waals surface area contributed by atoms with E-state index in [0.717, 1.165) is 18.9 Å². The standard InChI is InChI=1S/C14H15F3N2O2/c15-14(16,17)10-6-7-12(18-8-10)19-9-13(20)21-11-4-2-1-3-5-11/h2,4-7,18-19H,1,3,8-9H2. The Bertz CT molecular complexity index is 531. The van der Waals surface area contributed by atoms with Gasteiger partial charge in [0.1, 0.15) is 12.3 Å². The molecular weight excluding hydrogens is 285 g/mol. The monoisotopic (exact) mass is 300 g/mol. The summed E-state index contributed by atoms with van der Waals surface area (Å²) in [6.45, 7) is -0.454. The van der Waals surface area contributed by atoms with E-state index in [4.69, 9.17) is 4.74 Å². The quantitative estimate of drug-likeness (QED) is 0.782. The van der Waals surface area contributed by atoms with E-state index in [2.05, 4.69) is 10.6 Å². The Morgan fingerprint density at radius 3 is 2.71 bits per heavy atom. The fourth-order valence-corrected chi connectivity index (χ4v) is 1.81. The molecule has 2 aliphatic rings. The Morgan fingerprint density at radius 1 is 1.33 bits per heavy atom. The molecule has 0 saturated carbocycles. The van der Waals surface area contributed by atoms with Crippen molar-refractivity contribution in [2.45, 2.75) is 19.0 Å². The van der Waals surface area contributed by atoms with Crippen LogP contribution in [0, 0.1) is 0 Å². The molecule has 21 heavy (non-hydrogen) atoms. The summed E-state index contributed by atoms with van der Waals surface area (Å²) in [5, 5.41) is 5.26. The van der Waals surface area contributed by atoms with Crippen LogP contribution in [0.3, 0.4) is 0 Å². The number of hydrogen-bond donors (Lipinski definition) is 2. The third-order valence-electron chi connectivity index (χ3n) is 2.90. The maximum absolute atomic E-state index is 12.4. The SMILES string of the molecule is O=C(CNC1=CC=C(C(F)(F)F)CN1)OC1=CCCC=C1. The van der Waals surface area contributed by atoms with Gasteiger partial charge in [-0.25, -0.2) is 4.79 Å². The molecule has 1 heterocycles. The maximum Gasteiger partial charge on any atom is 0.414 e. The molecule has 0 fully saturated rings. The van der Waals surface area contributed by atoms with E-state index in [-0.39, 0.29) is 13.1 Å². The van der Waals surface area contributed by atoms with Gasteiger partial charge in [-0.2, -0.15) is 13.2 Å². The molecule has 0 atom stereocenters. The van der Waals surface area contributed by atoms with Gasteiger partial charge in [-0.1, -0.05) is 6.08 Å². The largest absolute Gasteiger partial charge is 0.426 e. The number of ether oxygens (including phenoxy) is 1. The molecule has 2 N–H and O–H groups in total. The van der Waals surface area contributed by atoms with E-state index in [1.54, 1.807) is 6.08 Å². The first kappa shape index (κ1) is 15.2. The van der Waals surface area contributed by atoms with Crippen LogP contribution in [0.25, 0.3) is 0 Å². The second-order valence-corrected chi connectivity index (χ2v) is 4.54. The van der Waals surface area contributed by atoms with Crippen LogP contribution < -0.4 is 10.6 Å². The molecule has 0 aromatic carbocycles. The average Bonchev–Trinajstić information content (AvgIpc) is 2.46. The van der Waals surface area contributed by atoms with Crippen LogP contribution in [0.15, 0.2) is 47.5 Å². The lowest BCUT2D eigenvalue weighted by Crippen LogP contribution is -2.36. The van der Waals surface area contributed by atoms with Crippen molar-refractivity contribution in [1.29, 1.82) is 0 Å². The van der Waals surface area contributed by atoms with Crippen molar-refractivity contribution in [3.8, 4) is 0 Å². The van der Waals surface area contributed by atoms with Crippen molar-refractivity contribution < 1.29 is 22.7 Å². The minimum absolute atomic E-state index is 0.126. The van der Waals surface area contributed by atoms with Gasteiger partial charge in [0.2, 0.25) is 0 Å². The Kier molecular flexibility index (Phi) is 4.72. The average molecular weight is 300 g/mol. The van der Waals surface area contributed by atoms with Gasteiger partial charge in [-0.3, -0.25) is 0 Å². The van der Waals surface area contributed by atoms with Crippen molar-refractivity contribution in [1.82, 2.24) is 10.6 Å². The summed E-state index contributed by atoms with van der Waals surface area (Å²) in [5.41, 5.74) is -0.659. The summed E-state index contributed by atoms with van der Waals surface area (Å²) in [6.07, 6.45) is 5.08. The predicted octanol–water partition coefficient (Wildman–Crippen LogP) is 2.29. The Hall–Kier alpha value is -2.18. The van der Waals surface area contributed by atoms with E-state index in [0.29, 0.717) is 11.6 Å². The van der Waals surface area contributed by atoms with Crippen molar-refractivity contribution in [2.75, 3.05) is 13.1 Å². The summed E-state index contributed by atoms with van der Waals surface area (Å²) < 4.78 is 42.3. The van der Waals surface area contributed by atoms with Gasteiger partial charge >= 0.3 is 12.1 Å². The zero-order valence-electron chi connectivity index (χ0n) is 11.2. The molecule has 0 aromatic rings. The Labute approximate surface area is 120 Å². The highest BCUT2D eigenvalue weighted by Crippen LogP contribution is 2.26. The molecule has 0 aromatic heterocycles. The van der Waals surface area contributed by atoms with E-state index < -0.39 is 17.7 Å². The number of carbonyl (C=O) groups is 1. The molecule has 1 aliphatic carbocycles. The zero-order valence-corrected chi connectivity index (χ0v) is 11.2. The van der Waals surface area contributed by atoms with Crippen molar-refractivity contribution in [2.24, 2.45) is 0 Å². The third kappa shape index (κ3) is 4.70. The first-order valence-corrected chi connectivity index (χ1v) is 6.48. The van der Waals surface area contributed by atoms with Crippen molar-refractivity contribution in [3.05, 3.63) is 47.5 Å². The van der Waals surface area contributed by atoms with Gasteiger partial charge in [0.25, 0.3) is 0 Å². The maximum atomic E-state index is 12.4. The van der Waals surface area contributed by atoms with E-state index in [1.807, 2.05) is 12.2 Å². The Balaban J connectivity index is 1.80. The highest BCUT2D eigenvalue weighted by molar-refractivity contribution is 5.73.